The molecule has 0 saturated carbocycles. The number of urea groups is 1. The Kier molecular flexibility index (Phi) is 7.11. The van der Waals surface area contributed by atoms with Crippen LogP contribution in [0.5, 0.6) is 5.75 Å². The maximum absolute atomic E-state index is 11.8. The zero-order valence-corrected chi connectivity index (χ0v) is 15.4. The molecular formula is C20H19N3O5. The Labute approximate surface area is 162 Å². The van der Waals surface area contributed by atoms with Gasteiger partial charge in [0.05, 0.1) is 11.6 Å². The molecule has 0 heterocycles. The van der Waals surface area contributed by atoms with Crippen LogP contribution in [0.4, 0.5) is 10.5 Å². The Morgan fingerprint density at radius 3 is 2.39 bits per heavy atom. The number of carbonyl (C=O) groups is 3. The van der Waals surface area contributed by atoms with E-state index in [1.54, 1.807) is 18.2 Å². The first-order chi connectivity index (χ1) is 13.4. The highest BCUT2D eigenvalue weighted by atomic mass is 16.6. The summed E-state index contributed by atoms with van der Waals surface area (Å²) in [6.07, 6.45) is 0. The van der Waals surface area contributed by atoms with Crippen molar-refractivity contribution in [2.24, 2.45) is 0 Å². The molecule has 0 aliphatic carbocycles. The Balaban J connectivity index is 1.71. The van der Waals surface area contributed by atoms with Gasteiger partial charge in [-0.15, -0.1) is 0 Å². The number of hydrogen-bond acceptors (Lipinski definition) is 6. The van der Waals surface area contributed by atoms with E-state index in [4.69, 9.17) is 14.7 Å². The summed E-state index contributed by atoms with van der Waals surface area (Å²) in [6.45, 7) is 2.74. The van der Waals surface area contributed by atoms with Crippen LogP contribution < -0.4 is 15.4 Å². The molecule has 0 atom stereocenters. The monoisotopic (exact) mass is 381 g/mol. The molecule has 144 valence electrons. The minimum absolute atomic E-state index is 0.383. The van der Waals surface area contributed by atoms with Crippen LogP contribution in [0.25, 0.3) is 0 Å². The molecule has 8 nitrogen and oxygen atoms in total. The molecule has 2 aromatic carbocycles. The van der Waals surface area contributed by atoms with Gasteiger partial charge in [0.2, 0.25) is 0 Å². The van der Waals surface area contributed by atoms with E-state index in [0.29, 0.717) is 17.0 Å². The van der Waals surface area contributed by atoms with Crippen LogP contribution in [0, 0.1) is 25.2 Å². The number of imide groups is 1. The van der Waals surface area contributed by atoms with Gasteiger partial charge in [-0.05, 0) is 49.7 Å². The highest BCUT2D eigenvalue weighted by Crippen LogP contribution is 2.15. The van der Waals surface area contributed by atoms with E-state index in [-0.39, 0.29) is 0 Å². The summed E-state index contributed by atoms with van der Waals surface area (Å²) in [5.41, 5.74) is 2.94. The molecule has 0 aliphatic rings. The van der Waals surface area contributed by atoms with Crippen LogP contribution in [-0.2, 0) is 14.3 Å². The molecule has 0 saturated heterocycles. The van der Waals surface area contributed by atoms with Crippen molar-refractivity contribution >= 4 is 23.6 Å². The van der Waals surface area contributed by atoms with Crippen molar-refractivity contribution in [3.8, 4) is 11.8 Å². The molecule has 3 amide bonds. The lowest BCUT2D eigenvalue weighted by molar-refractivity contribution is -0.150. The van der Waals surface area contributed by atoms with E-state index in [2.05, 4.69) is 10.6 Å². The van der Waals surface area contributed by atoms with Crippen molar-refractivity contribution in [1.29, 1.82) is 5.26 Å². The number of amides is 3. The molecule has 2 N–H and O–H groups in total. The van der Waals surface area contributed by atoms with Gasteiger partial charge in [0.25, 0.3) is 5.91 Å². The SMILES string of the molecule is Cc1ccc(NC(=O)NC(=O)COC(=O)COc2ccc(C#N)cc2)c(C)c1. The average Bonchev–Trinajstić information content (AvgIpc) is 2.67. The molecule has 0 radical (unpaired) electrons. The number of rotatable bonds is 6. The van der Waals surface area contributed by atoms with Crippen LogP contribution >= 0.6 is 0 Å². The molecular weight excluding hydrogens is 362 g/mol. The molecule has 0 aliphatic heterocycles. The second-order valence-corrected chi connectivity index (χ2v) is 5.91. The number of nitrogens with zero attached hydrogens (tertiary/aromatic N) is 1. The predicted molar refractivity (Wildman–Crippen MR) is 101 cm³/mol. The third kappa shape index (κ3) is 6.46. The molecule has 2 rings (SSSR count). The number of nitriles is 1. The smallest absolute Gasteiger partial charge is 0.344 e. The van der Waals surface area contributed by atoms with Gasteiger partial charge < -0.3 is 14.8 Å². The predicted octanol–water partition coefficient (Wildman–Crippen LogP) is 2.45. The highest BCUT2D eigenvalue weighted by molar-refractivity contribution is 6.02. The van der Waals surface area contributed by atoms with E-state index in [1.807, 2.05) is 32.0 Å². The van der Waals surface area contributed by atoms with Crippen molar-refractivity contribution in [2.45, 2.75) is 13.8 Å². The van der Waals surface area contributed by atoms with Crippen LogP contribution in [0.3, 0.4) is 0 Å². The topological polar surface area (TPSA) is 118 Å². The third-order valence-corrected chi connectivity index (χ3v) is 3.59. The third-order valence-electron chi connectivity index (χ3n) is 3.59. The maximum Gasteiger partial charge on any atom is 0.344 e. The van der Waals surface area contributed by atoms with E-state index in [0.717, 1.165) is 11.1 Å². The highest BCUT2D eigenvalue weighted by Gasteiger charge is 2.12. The Bertz CT molecular complexity index is 916. The van der Waals surface area contributed by atoms with Gasteiger partial charge in [-0.3, -0.25) is 10.1 Å². The fourth-order valence-electron chi connectivity index (χ4n) is 2.23. The van der Waals surface area contributed by atoms with Gasteiger partial charge in [-0.2, -0.15) is 5.26 Å². The zero-order chi connectivity index (χ0) is 20.5. The summed E-state index contributed by atoms with van der Waals surface area (Å²) >= 11 is 0. The first-order valence-electron chi connectivity index (χ1n) is 8.34. The summed E-state index contributed by atoms with van der Waals surface area (Å²) in [4.78, 5) is 35.2. The largest absolute Gasteiger partial charge is 0.482 e. The Hall–Kier alpha value is -3.86. The van der Waals surface area contributed by atoms with E-state index in [9.17, 15) is 14.4 Å². The van der Waals surface area contributed by atoms with E-state index < -0.39 is 31.1 Å². The number of esters is 1. The molecule has 0 bridgehead atoms. The van der Waals surface area contributed by atoms with Crippen LogP contribution in [0.1, 0.15) is 16.7 Å². The number of ether oxygens (including phenoxy) is 2. The van der Waals surface area contributed by atoms with Crippen molar-refractivity contribution in [2.75, 3.05) is 18.5 Å². The van der Waals surface area contributed by atoms with Crippen LogP contribution in [-0.4, -0.2) is 31.1 Å². The van der Waals surface area contributed by atoms with Gasteiger partial charge >= 0.3 is 12.0 Å². The average molecular weight is 381 g/mol. The maximum atomic E-state index is 11.8. The quantitative estimate of drug-likeness (QED) is 0.742. The first-order valence-corrected chi connectivity index (χ1v) is 8.34. The second kappa shape index (κ2) is 9.73. The Morgan fingerprint density at radius 2 is 1.75 bits per heavy atom. The van der Waals surface area contributed by atoms with E-state index >= 15 is 0 Å². The van der Waals surface area contributed by atoms with Gasteiger partial charge in [0.15, 0.2) is 13.2 Å². The normalized spacial score (nSPS) is 9.75. The molecule has 0 aromatic heterocycles. The van der Waals surface area contributed by atoms with E-state index in [1.165, 1.54) is 12.1 Å². The van der Waals surface area contributed by atoms with Gasteiger partial charge in [-0.1, -0.05) is 17.7 Å². The lowest BCUT2D eigenvalue weighted by Crippen LogP contribution is -2.37. The summed E-state index contributed by atoms with van der Waals surface area (Å²) in [5, 5.41) is 13.3. The number of carbonyl (C=O) groups excluding carboxylic acids is 3. The summed E-state index contributed by atoms with van der Waals surface area (Å²) in [7, 11) is 0. The number of hydrogen-bond donors (Lipinski definition) is 2. The summed E-state index contributed by atoms with van der Waals surface area (Å²) < 4.78 is 9.94. The van der Waals surface area contributed by atoms with Crippen molar-refractivity contribution in [1.82, 2.24) is 5.32 Å². The Morgan fingerprint density at radius 1 is 1.04 bits per heavy atom. The molecule has 0 unspecified atom stereocenters. The second-order valence-electron chi connectivity index (χ2n) is 5.91. The minimum atomic E-state index is -0.769. The molecule has 0 spiro atoms. The number of aryl methyl sites for hydroxylation is 2. The van der Waals surface area contributed by atoms with Crippen molar-refractivity contribution in [3.05, 3.63) is 59.2 Å². The zero-order valence-electron chi connectivity index (χ0n) is 15.4. The lowest BCUT2D eigenvalue weighted by atomic mass is 10.1. The minimum Gasteiger partial charge on any atom is -0.482 e. The molecule has 28 heavy (non-hydrogen) atoms. The lowest BCUT2D eigenvalue weighted by Gasteiger charge is -2.10. The summed E-state index contributed by atoms with van der Waals surface area (Å²) in [5.74, 6) is -1.16. The van der Waals surface area contributed by atoms with Crippen LogP contribution in [0.2, 0.25) is 0 Å². The summed E-state index contributed by atoms with van der Waals surface area (Å²) in [6, 6.07) is 12.9. The number of nitrogens with one attached hydrogen (secondary N) is 2. The van der Waals surface area contributed by atoms with Crippen molar-refractivity contribution < 1.29 is 23.9 Å². The fraction of sp³-hybridized carbons (Fsp3) is 0.200. The standard InChI is InChI=1S/C20H19N3O5/c1-13-3-8-17(14(2)9-13)22-20(26)23-18(24)11-28-19(25)12-27-16-6-4-15(10-21)5-7-16/h3-9H,11-12H2,1-2H3,(H2,22,23,24,26). The van der Waals surface area contributed by atoms with Gasteiger partial charge in [0.1, 0.15) is 5.75 Å². The van der Waals surface area contributed by atoms with Crippen molar-refractivity contribution in [3.63, 3.8) is 0 Å². The van der Waals surface area contributed by atoms with Gasteiger partial charge in [0, 0.05) is 5.69 Å². The molecule has 2 aromatic rings. The number of anilines is 1. The number of benzene rings is 2. The molecule has 8 heteroatoms. The molecule has 0 fully saturated rings. The first kappa shape index (κ1) is 20.5. The fourth-order valence-corrected chi connectivity index (χ4v) is 2.23. The van der Waals surface area contributed by atoms with Crippen LogP contribution in [0.15, 0.2) is 42.5 Å². The van der Waals surface area contributed by atoms with Gasteiger partial charge in [-0.25, -0.2) is 9.59 Å².